The van der Waals surface area contributed by atoms with E-state index < -0.39 is 0 Å². The Balaban J connectivity index is 0.00000180. The van der Waals surface area contributed by atoms with Gasteiger partial charge in [-0.3, -0.25) is 4.79 Å². The van der Waals surface area contributed by atoms with Gasteiger partial charge in [-0.25, -0.2) is 0 Å². The predicted octanol–water partition coefficient (Wildman–Crippen LogP) is 4.28. The average molecular weight is 391 g/mol. The van der Waals surface area contributed by atoms with Gasteiger partial charge in [-0.15, -0.1) is 12.4 Å². The highest BCUT2D eigenvalue weighted by Crippen LogP contribution is 2.47. The molecule has 0 radical (unpaired) electrons. The van der Waals surface area contributed by atoms with Gasteiger partial charge in [0.1, 0.15) is 11.4 Å². The van der Waals surface area contributed by atoms with Crippen LogP contribution in [0.4, 0.5) is 0 Å². The highest BCUT2D eigenvalue weighted by atomic mass is 35.5. The number of piperidine rings is 1. The maximum Gasteiger partial charge on any atom is 0.220 e. The standard InChI is InChI=1S/C22H30N2O2.ClH/c25-21(13-15-11-16-7-8-17(12-15)23-16)24-19-14-22(9-3-4-10-22)26-20-6-2-1-5-18(19)20;/h1-2,5-6,15-17,19,23H,3-4,7-14H2,(H,24,25);1H. The van der Waals surface area contributed by atoms with Crippen LogP contribution in [0.25, 0.3) is 0 Å². The number of rotatable bonds is 3. The van der Waals surface area contributed by atoms with Crippen molar-refractivity contribution in [3.63, 3.8) is 0 Å². The maximum atomic E-state index is 12.9. The molecule has 2 N–H and O–H groups in total. The summed E-state index contributed by atoms with van der Waals surface area (Å²) in [5.41, 5.74) is 1.10. The SMILES string of the molecule is Cl.O=C(CC1CC2CCC(C1)N2)NC1CC2(CCCC2)Oc2ccccc21. The van der Waals surface area contributed by atoms with E-state index in [1.165, 1.54) is 25.7 Å². The predicted molar refractivity (Wildman–Crippen MR) is 108 cm³/mol. The van der Waals surface area contributed by atoms with Gasteiger partial charge in [0.25, 0.3) is 0 Å². The van der Waals surface area contributed by atoms with Crippen molar-refractivity contribution in [3.8, 4) is 5.75 Å². The van der Waals surface area contributed by atoms with Crippen molar-refractivity contribution >= 4 is 18.3 Å². The third kappa shape index (κ3) is 3.84. The second-order valence-corrected chi connectivity index (χ2v) is 9.03. The van der Waals surface area contributed by atoms with Crippen LogP contribution in [0.2, 0.25) is 0 Å². The number of nitrogens with one attached hydrogen (secondary N) is 2. The smallest absolute Gasteiger partial charge is 0.220 e. The summed E-state index contributed by atoms with van der Waals surface area (Å²) in [6, 6.07) is 9.68. The Morgan fingerprint density at radius 3 is 2.59 bits per heavy atom. The largest absolute Gasteiger partial charge is 0.487 e. The Morgan fingerprint density at radius 1 is 1.15 bits per heavy atom. The number of carbonyl (C=O) groups is 1. The molecule has 1 spiro atoms. The number of hydrogen-bond donors (Lipinski definition) is 2. The van der Waals surface area contributed by atoms with E-state index in [2.05, 4.69) is 28.8 Å². The molecule has 4 nitrogen and oxygen atoms in total. The van der Waals surface area contributed by atoms with Crippen molar-refractivity contribution in [1.82, 2.24) is 10.6 Å². The molecule has 2 bridgehead atoms. The molecule has 148 valence electrons. The Labute approximate surface area is 168 Å². The number of halogens is 1. The highest BCUT2D eigenvalue weighted by Gasteiger charge is 2.43. The van der Waals surface area contributed by atoms with Gasteiger partial charge in [-0.2, -0.15) is 0 Å². The van der Waals surface area contributed by atoms with Gasteiger partial charge in [-0.05, 0) is 63.4 Å². The van der Waals surface area contributed by atoms with Crippen LogP contribution in [-0.4, -0.2) is 23.6 Å². The van der Waals surface area contributed by atoms with Crippen molar-refractivity contribution in [3.05, 3.63) is 29.8 Å². The van der Waals surface area contributed by atoms with Crippen molar-refractivity contribution in [2.75, 3.05) is 0 Å². The maximum absolute atomic E-state index is 12.9. The van der Waals surface area contributed by atoms with E-state index in [1.807, 2.05) is 6.07 Å². The van der Waals surface area contributed by atoms with Gasteiger partial charge >= 0.3 is 0 Å². The lowest BCUT2D eigenvalue weighted by molar-refractivity contribution is -0.123. The summed E-state index contributed by atoms with van der Waals surface area (Å²) in [5.74, 6) is 1.75. The molecular formula is C22H31ClN2O2. The van der Waals surface area contributed by atoms with Gasteiger partial charge in [0, 0.05) is 30.5 Å². The topological polar surface area (TPSA) is 50.4 Å². The summed E-state index contributed by atoms with van der Waals surface area (Å²) in [7, 11) is 0. The van der Waals surface area contributed by atoms with Crippen molar-refractivity contribution < 1.29 is 9.53 Å². The molecule has 2 saturated heterocycles. The number of amides is 1. The Hall–Kier alpha value is -1.26. The van der Waals surface area contributed by atoms with E-state index in [-0.39, 0.29) is 30.0 Å². The molecular weight excluding hydrogens is 360 g/mol. The first-order valence-electron chi connectivity index (χ1n) is 10.5. The fraction of sp³-hybridized carbons (Fsp3) is 0.682. The van der Waals surface area contributed by atoms with E-state index in [0.29, 0.717) is 24.4 Å². The fourth-order valence-corrected chi connectivity index (χ4v) is 5.93. The second-order valence-electron chi connectivity index (χ2n) is 9.03. The quantitative estimate of drug-likeness (QED) is 0.809. The van der Waals surface area contributed by atoms with E-state index in [0.717, 1.165) is 43.4 Å². The van der Waals surface area contributed by atoms with Crippen LogP contribution in [-0.2, 0) is 4.79 Å². The van der Waals surface area contributed by atoms with E-state index in [9.17, 15) is 4.79 Å². The summed E-state index contributed by atoms with van der Waals surface area (Å²) >= 11 is 0. The van der Waals surface area contributed by atoms with Gasteiger partial charge < -0.3 is 15.4 Å². The monoisotopic (exact) mass is 390 g/mol. The van der Waals surface area contributed by atoms with Crippen LogP contribution in [0.5, 0.6) is 5.75 Å². The number of para-hydroxylation sites is 1. The molecule has 3 fully saturated rings. The first kappa shape index (κ1) is 19.1. The van der Waals surface area contributed by atoms with Gasteiger partial charge in [0.05, 0.1) is 6.04 Å². The van der Waals surface area contributed by atoms with Crippen LogP contribution < -0.4 is 15.4 Å². The fourth-order valence-electron chi connectivity index (χ4n) is 5.93. The molecule has 1 aliphatic carbocycles. The van der Waals surface area contributed by atoms with Crippen molar-refractivity contribution in [1.29, 1.82) is 0 Å². The summed E-state index contributed by atoms with van der Waals surface area (Å²) in [6.45, 7) is 0. The first-order chi connectivity index (χ1) is 12.7. The zero-order valence-corrected chi connectivity index (χ0v) is 16.7. The molecule has 3 unspecified atom stereocenters. The van der Waals surface area contributed by atoms with Crippen LogP contribution >= 0.6 is 12.4 Å². The third-order valence-corrected chi connectivity index (χ3v) is 7.09. The molecule has 3 aliphatic heterocycles. The lowest BCUT2D eigenvalue weighted by atomic mass is 9.85. The van der Waals surface area contributed by atoms with Gasteiger partial charge in [0.2, 0.25) is 5.91 Å². The molecule has 27 heavy (non-hydrogen) atoms. The van der Waals surface area contributed by atoms with Crippen LogP contribution in [0.15, 0.2) is 24.3 Å². The minimum Gasteiger partial charge on any atom is -0.487 e. The summed E-state index contributed by atoms with van der Waals surface area (Å²) < 4.78 is 6.42. The Morgan fingerprint density at radius 2 is 1.85 bits per heavy atom. The third-order valence-electron chi connectivity index (χ3n) is 7.09. The zero-order chi connectivity index (χ0) is 17.6. The number of fused-ring (bicyclic) bond motifs is 3. The summed E-state index contributed by atoms with van der Waals surface area (Å²) in [4.78, 5) is 12.9. The van der Waals surface area contributed by atoms with E-state index in [1.54, 1.807) is 0 Å². The van der Waals surface area contributed by atoms with Gasteiger partial charge in [-0.1, -0.05) is 18.2 Å². The molecule has 3 atom stereocenters. The zero-order valence-electron chi connectivity index (χ0n) is 15.9. The van der Waals surface area contributed by atoms with Crippen molar-refractivity contribution in [2.24, 2.45) is 5.92 Å². The summed E-state index contributed by atoms with van der Waals surface area (Å²) in [6.07, 6.45) is 11.2. The molecule has 0 aromatic heterocycles. The number of hydrogen-bond acceptors (Lipinski definition) is 3. The van der Waals surface area contributed by atoms with Crippen molar-refractivity contribution in [2.45, 2.75) is 87.9 Å². The lowest BCUT2D eigenvalue weighted by Gasteiger charge is -2.40. The molecule has 1 amide bonds. The normalized spacial score (nSPS) is 33.0. The molecule has 5 rings (SSSR count). The summed E-state index contributed by atoms with van der Waals surface area (Å²) in [5, 5.41) is 7.06. The van der Waals surface area contributed by atoms with Crippen LogP contribution in [0.1, 0.15) is 75.8 Å². The van der Waals surface area contributed by atoms with E-state index >= 15 is 0 Å². The average Bonchev–Trinajstić information content (AvgIpc) is 3.21. The number of carbonyl (C=O) groups excluding carboxylic acids is 1. The first-order valence-corrected chi connectivity index (χ1v) is 10.5. The lowest BCUT2D eigenvalue weighted by Crippen LogP contribution is -2.44. The second kappa shape index (κ2) is 7.63. The van der Waals surface area contributed by atoms with E-state index in [4.69, 9.17) is 4.74 Å². The molecule has 5 heteroatoms. The molecule has 4 aliphatic rings. The Bertz CT molecular complexity index is 677. The minimum absolute atomic E-state index is 0. The molecule has 1 aromatic carbocycles. The molecule has 1 aromatic rings. The highest BCUT2D eigenvalue weighted by molar-refractivity contribution is 5.85. The number of ether oxygens (including phenoxy) is 1. The van der Waals surface area contributed by atoms with Gasteiger partial charge in [0.15, 0.2) is 0 Å². The minimum atomic E-state index is -0.0554. The Kier molecular flexibility index (Phi) is 5.39. The number of benzene rings is 1. The molecule has 3 heterocycles. The van der Waals surface area contributed by atoms with Crippen LogP contribution in [0, 0.1) is 5.92 Å². The van der Waals surface area contributed by atoms with Crippen LogP contribution in [0.3, 0.4) is 0 Å². The molecule has 1 saturated carbocycles.